The van der Waals surface area contributed by atoms with E-state index >= 15 is 0 Å². The smallest absolute Gasteiger partial charge is 0.323 e. The average Bonchev–Trinajstić information content (AvgIpc) is 2.51. The molecule has 0 unspecified atom stereocenters. The van der Waals surface area contributed by atoms with Gasteiger partial charge in [0.1, 0.15) is 17.7 Å². The highest BCUT2D eigenvalue weighted by Gasteiger charge is 2.32. The van der Waals surface area contributed by atoms with E-state index in [9.17, 15) is 4.79 Å². The summed E-state index contributed by atoms with van der Waals surface area (Å²) in [7, 11) is 3.53. The molecule has 1 rings (SSSR count). The van der Waals surface area contributed by atoms with Crippen LogP contribution in [0, 0.1) is 0 Å². The van der Waals surface area contributed by atoms with Crippen LogP contribution in [0.2, 0.25) is 0 Å². The third-order valence-corrected chi connectivity index (χ3v) is 2.66. The molecular weight excluding hydrogens is 196 g/mol. The molecule has 1 N–H and O–H groups in total. The lowest BCUT2D eigenvalue weighted by Crippen LogP contribution is -2.47. The molecule has 1 aromatic heterocycles. The first kappa shape index (κ1) is 11.6. The maximum absolute atomic E-state index is 11.0. The highest BCUT2D eigenvalue weighted by molar-refractivity contribution is 5.77. The van der Waals surface area contributed by atoms with Crippen LogP contribution in [0.5, 0.6) is 0 Å². The van der Waals surface area contributed by atoms with E-state index in [0.717, 1.165) is 5.82 Å². The van der Waals surface area contributed by atoms with E-state index in [1.165, 1.54) is 6.33 Å². The zero-order valence-electron chi connectivity index (χ0n) is 9.43. The van der Waals surface area contributed by atoms with Crippen molar-refractivity contribution in [2.45, 2.75) is 25.9 Å². The van der Waals surface area contributed by atoms with Crippen LogP contribution in [0.4, 0.5) is 0 Å². The number of aliphatic carboxylic acids is 1. The number of carbonyl (C=O) groups is 1. The van der Waals surface area contributed by atoms with Crippen molar-refractivity contribution < 1.29 is 9.90 Å². The highest BCUT2D eigenvalue weighted by atomic mass is 16.4. The maximum Gasteiger partial charge on any atom is 0.323 e. The summed E-state index contributed by atoms with van der Waals surface area (Å²) in [4.78, 5) is 16.8. The second-order valence-electron chi connectivity index (χ2n) is 4.02. The van der Waals surface area contributed by atoms with Crippen molar-refractivity contribution in [1.29, 1.82) is 0 Å². The first-order chi connectivity index (χ1) is 6.85. The number of hydrogen-bond acceptors (Lipinski definition) is 4. The lowest BCUT2D eigenvalue weighted by atomic mass is 10.0. The molecule has 0 fully saturated rings. The lowest BCUT2D eigenvalue weighted by Gasteiger charge is -2.30. The summed E-state index contributed by atoms with van der Waals surface area (Å²) >= 11 is 0. The Hall–Kier alpha value is -1.43. The van der Waals surface area contributed by atoms with Crippen LogP contribution in [0.3, 0.4) is 0 Å². The molecule has 0 radical (unpaired) electrons. The molecule has 0 saturated heterocycles. The Bertz CT molecular complexity index is 359. The molecule has 0 aromatic carbocycles. The molecule has 0 aliphatic carbocycles. The molecule has 6 heteroatoms. The normalized spacial score (nSPS) is 12.1. The van der Waals surface area contributed by atoms with Crippen molar-refractivity contribution in [3.8, 4) is 0 Å². The van der Waals surface area contributed by atoms with E-state index in [-0.39, 0.29) is 0 Å². The number of carboxylic acid groups (broad SMARTS) is 1. The first-order valence-electron chi connectivity index (χ1n) is 4.63. The van der Waals surface area contributed by atoms with Crippen molar-refractivity contribution in [3.63, 3.8) is 0 Å². The van der Waals surface area contributed by atoms with Crippen molar-refractivity contribution >= 4 is 5.97 Å². The monoisotopic (exact) mass is 212 g/mol. The first-order valence-corrected chi connectivity index (χ1v) is 4.63. The van der Waals surface area contributed by atoms with Crippen LogP contribution in [-0.4, -0.2) is 43.3 Å². The zero-order chi connectivity index (χ0) is 11.6. The minimum atomic E-state index is -0.911. The Morgan fingerprint density at radius 3 is 2.67 bits per heavy atom. The number of nitrogens with zero attached hydrogens (tertiary/aromatic N) is 4. The van der Waals surface area contributed by atoms with Gasteiger partial charge < -0.3 is 5.11 Å². The summed E-state index contributed by atoms with van der Waals surface area (Å²) < 4.78 is 1.63. The minimum absolute atomic E-state index is 0.454. The van der Waals surface area contributed by atoms with Gasteiger partial charge >= 0.3 is 5.97 Å². The Morgan fingerprint density at radius 1 is 1.67 bits per heavy atom. The van der Waals surface area contributed by atoms with Gasteiger partial charge in [-0.3, -0.25) is 14.4 Å². The standard InChI is InChI=1S/C9H16N4O2/c1-9(2,8(14)15)12(3)5-7-10-6-11-13(7)4/h6H,5H2,1-4H3,(H,14,15). The van der Waals surface area contributed by atoms with Crippen LogP contribution < -0.4 is 0 Å². The predicted octanol–water partition coefficient (Wildman–Crippen LogP) is 0.110. The number of aryl methyl sites for hydroxylation is 1. The maximum atomic E-state index is 11.0. The Kier molecular flexibility index (Phi) is 3.09. The fourth-order valence-corrected chi connectivity index (χ4v) is 1.04. The van der Waals surface area contributed by atoms with Gasteiger partial charge in [0.2, 0.25) is 0 Å². The number of aromatic nitrogens is 3. The topological polar surface area (TPSA) is 71.2 Å². The molecule has 0 atom stereocenters. The van der Waals surface area contributed by atoms with E-state index in [4.69, 9.17) is 5.11 Å². The second-order valence-corrected chi connectivity index (χ2v) is 4.02. The van der Waals surface area contributed by atoms with Gasteiger partial charge in [-0.2, -0.15) is 5.10 Å². The van der Waals surface area contributed by atoms with Gasteiger partial charge in [0.05, 0.1) is 6.54 Å². The van der Waals surface area contributed by atoms with E-state index in [0.29, 0.717) is 6.54 Å². The van der Waals surface area contributed by atoms with Crippen LogP contribution in [0.1, 0.15) is 19.7 Å². The summed E-state index contributed by atoms with van der Waals surface area (Å²) in [5.41, 5.74) is -0.911. The number of likely N-dealkylation sites (N-methyl/N-ethyl adjacent to an activating group) is 1. The lowest BCUT2D eigenvalue weighted by molar-refractivity contribution is -0.148. The third-order valence-electron chi connectivity index (χ3n) is 2.66. The van der Waals surface area contributed by atoms with Gasteiger partial charge in [0, 0.05) is 7.05 Å². The van der Waals surface area contributed by atoms with Gasteiger partial charge in [-0.25, -0.2) is 4.98 Å². The largest absolute Gasteiger partial charge is 0.480 e. The summed E-state index contributed by atoms with van der Waals surface area (Å²) in [5.74, 6) is -0.112. The Balaban J connectivity index is 2.76. The molecule has 0 spiro atoms. The molecule has 0 aliphatic rings. The van der Waals surface area contributed by atoms with Crippen LogP contribution in [0.15, 0.2) is 6.33 Å². The van der Waals surface area contributed by atoms with Crippen molar-refractivity contribution in [3.05, 3.63) is 12.2 Å². The van der Waals surface area contributed by atoms with Gasteiger partial charge in [-0.15, -0.1) is 0 Å². The molecule has 84 valence electrons. The molecule has 0 bridgehead atoms. The molecule has 0 saturated carbocycles. The van der Waals surface area contributed by atoms with E-state index in [2.05, 4.69) is 10.1 Å². The number of hydrogen-bond donors (Lipinski definition) is 1. The van der Waals surface area contributed by atoms with Crippen LogP contribution >= 0.6 is 0 Å². The fraction of sp³-hybridized carbons (Fsp3) is 0.667. The summed E-state index contributed by atoms with van der Waals surface area (Å²) in [6.45, 7) is 3.77. The second kappa shape index (κ2) is 3.98. The van der Waals surface area contributed by atoms with Gasteiger partial charge in [0.15, 0.2) is 0 Å². The molecule has 0 aliphatic heterocycles. The SMILES string of the molecule is CN(Cc1ncnn1C)C(C)(C)C(=O)O. The summed E-state index contributed by atoms with van der Waals surface area (Å²) in [5, 5.41) is 13.0. The highest BCUT2D eigenvalue weighted by Crippen LogP contribution is 2.14. The number of rotatable bonds is 4. The summed E-state index contributed by atoms with van der Waals surface area (Å²) in [6, 6.07) is 0. The Morgan fingerprint density at radius 2 is 2.27 bits per heavy atom. The van der Waals surface area contributed by atoms with Crippen molar-refractivity contribution in [1.82, 2.24) is 19.7 Å². The molecule has 15 heavy (non-hydrogen) atoms. The third kappa shape index (κ3) is 2.33. The number of carboxylic acids is 1. The molecule has 1 aromatic rings. The minimum Gasteiger partial charge on any atom is -0.480 e. The van der Waals surface area contributed by atoms with Gasteiger partial charge in [-0.1, -0.05) is 0 Å². The van der Waals surface area contributed by atoms with Crippen molar-refractivity contribution in [2.24, 2.45) is 7.05 Å². The summed E-state index contributed by atoms with van der Waals surface area (Å²) in [6.07, 6.45) is 1.46. The van der Waals surface area contributed by atoms with Crippen LogP contribution in [-0.2, 0) is 18.4 Å². The average molecular weight is 212 g/mol. The fourth-order valence-electron chi connectivity index (χ4n) is 1.04. The van der Waals surface area contributed by atoms with Gasteiger partial charge in [-0.05, 0) is 20.9 Å². The molecule has 6 nitrogen and oxygen atoms in total. The van der Waals surface area contributed by atoms with E-state index in [1.807, 2.05) is 0 Å². The molecular formula is C9H16N4O2. The Labute approximate surface area is 88.5 Å². The predicted molar refractivity (Wildman–Crippen MR) is 54.2 cm³/mol. The molecule has 1 heterocycles. The van der Waals surface area contributed by atoms with E-state index in [1.54, 1.807) is 37.5 Å². The zero-order valence-corrected chi connectivity index (χ0v) is 9.43. The quantitative estimate of drug-likeness (QED) is 0.767. The van der Waals surface area contributed by atoms with Crippen LogP contribution in [0.25, 0.3) is 0 Å². The van der Waals surface area contributed by atoms with E-state index < -0.39 is 11.5 Å². The van der Waals surface area contributed by atoms with Crippen molar-refractivity contribution in [2.75, 3.05) is 7.05 Å². The van der Waals surface area contributed by atoms with Gasteiger partial charge in [0.25, 0.3) is 0 Å². The molecule has 0 amide bonds.